The molecular weight excluding hydrogens is 232 g/mol. The van der Waals surface area contributed by atoms with Gasteiger partial charge in [0.25, 0.3) is 0 Å². The van der Waals surface area contributed by atoms with E-state index in [4.69, 9.17) is 11.6 Å². The molecule has 2 rings (SSSR count). The molecule has 2 heteroatoms. The van der Waals surface area contributed by atoms with Gasteiger partial charge in [-0.05, 0) is 55.2 Å². The molecule has 0 heterocycles. The first-order valence-corrected chi connectivity index (χ1v) is 6.87. The molecule has 1 nitrogen and oxygen atoms in total. The molecule has 1 aromatic carbocycles. The van der Waals surface area contributed by atoms with E-state index in [9.17, 15) is 5.11 Å². The van der Waals surface area contributed by atoms with Gasteiger partial charge in [-0.3, -0.25) is 0 Å². The average Bonchev–Trinajstić information content (AvgIpc) is 2.29. The van der Waals surface area contributed by atoms with Crippen LogP contribution in [0, 0.1) is 11.8 Å². The third-order valence-electron chi connectivity index (χ3n) is 4.09. The third kappa shape index (κ3) is 2.83. The lowest BCUT2D eigenvalue weighted by Gasteiger charge is -2.39. The Morgan fingerprint density at radius 3 is 2.53 bits per heavy atom. The predicted octanol–water partition coefficient (Wildman–Crippen LogP) is 4.37. The number of benzene rings is 1. The summed E-state index contributed by atoms with van der Waals surface area (Å²) in [5.74, 6) is 1.28. The first kappa shape index (κ1) is 12.9. The van der Waals surface area contributed by atoms with Gasteiger partial charge in [0.05, 0.1) is 5.60 Å². The van der Waals surface area contributed by atoms with Crippen LogP contribution < -0.4 is 0 Å². The van der Waals surface area contributed by atoms with E-state index >= 15 is 0 Å². The van der Waals surface area contributed by atoms with Crippen LogP contribution in [-0.4, -0.2) is 5.11 Å². The van der Waals surface area contributed by atoms with Crippen molar-refractivity contribution in [1.29, 1.82) is 0 Å². The van der Waals surface area contributed by atoms with Crippen LogP contribution in [0.25, 0.3) is 0 Å². The maximum absolute atomic E-state index is 10.8. The summed E-state index contributed by atoms with van der Waals surface area (Å²) in [4.78, 5) is 0. The first-order valence-electron chi connectivity index (χ1n) is 6.50. The molecule has 1 saturated carbocycles. The van der Waals surface area contributed by atoms with Gasteiger partial charge < -0.3 is 5.11 Å². The molecule has 0 spiro atoms. The highest BCUT2D eigenvalue weighted by molar-refractivity contribution is 6.30. The third-order valence-corrected chi connectivity index (χ3v) is 4.34. The second-order valence-electron chi connectivity index (χ2n) is 5.64. The van der Waals surface area contributed by atoms with Crippen molar-refractivity contribution in [3.63, 3.8) is 0 Å². The molecule has 0 bridgehead atoms. The summed E-state index contributed by atoms with van der Waals surface area (Å²) in [6, 6.07) is 7.66. The standard InChI is InChI=1S/C15H21ClO/c1-11(2)12-4-3-9-15(17,10-12)13-5-7-14(16)8-6-13/h5-8,11-12,17H,3-4,9-10H2,1-2H3. The Morgan fingerprint density at radius 2 is 1.94 bits per heavy atom. The van der Waals surface area contributed by atoms with E-state index in [1.54, 1.807) is 0 Å². The van der Waals surface area contributed by atoms with E-state index < -0.39 is 5.60 Å². The highest BCUT2D eigenvalue weighted by atomic mass is 35.5. The van der Waals surface area contributed by atoms with Crippen molar-refractivity contribution in [2.75, 3.05) is 0 Å². The van der Waals surface area contributed by atoms with E-state index in [2.05, 4.69) is 13.8 Å². The summed E-state index contributed by atoms with van der Waals surface area (Å²) in [5.41, 5.74) is 0.380. The molecule has 1 N–H and O–H groups in total. The molecule has 2 unspecified atom stereocenters. The number of aliphatic hydroxyl groups is 1. The van der Waals surface area contributed by atoms with Crippen molar-refractivity contribution >= 4 is 11.6 Å². The summed E-state index contributed by atoms with van der Waals surface area (Å²) in [6.45, 7) is 4.50. The van der Waals surface area contributed by atoms with E-state index in [0.717, 1.165) is 29.8 Å². The lowest BCUT2D eigenvalue weighted by molar-refractivity contribution is -0.0295. The Labute approximate surface area is 109 Å². The molecule has 0 radical (unpaired) electrons. The minimum Gasteiger partial charge on any atom is -0.385 e. The number of halogens is 1. The monoisotopic (exact) mass is 252 g/mol. The molecule has 2 atom stereocenters. The molecule has 0 amide bonds. The summed E-state index contributed by atoms with van der Waals surface area (Å²) >= 11 is 5.89. The lowest BCUT2D eigenvalue weighted by atomic mass is 9.71. The van der Waals surface area contributed by atoms with Gasteiger partial charge >= 0.3 is 0 Å². The van der Waals surface area contributed by atoms with Crippen molar-refractivity contribution in [1.82, 2.24) is 0 Å². The molecule has 17 heavy (non-hydrogen) atoms. The van der Waals surface area contributed by atoms with E-state index in [1.807, 2.05) is 24.3 Å². The lowest BCUT2D eigenvalue weighted by Crippen LogP contribution is -2.34. The number of hydrogen-bond acceptors (Lipinski definition) is 1. The van der Waals surface area contributed by atoms with Crippen molar-refractivity contribution in [2.45, 2.75) is 45.1 Å². The van der Waals surface area contributed by atoms with Crippen LogP contribution in [0.4, 0.5) is 0 Å². The number of hydrogen-bond donors (Lipinski definition) is 1. The summed E-state index contributed by atoms with van der Waals surface area (Å²) < 4.78 is 0. The van der Waals surface area contributed by atoms with Crippen molar-refractivity contribution in [3.05, 3.63) is 34.9 Å². The van der Waals surface area contributed by atoms with Gasteiger partial charge in [0.1, 0.15) is 0 Å². The van der Waals surface area contributed by atoms with Crippen LogP contribution in [0.5, 0.6) is 0 Å². The molecule has 0 aliphatic heterocycles. The Morgan fingerprint density at radius 1 is 1.29 bits per heavy atom. The van der Waals surface area contributed by atoms with Crippen molar-refractivity contribution in [3.8, 4) is 0 Å². The molecule has 1 aromatic rings. The quantitative estimate of drug-likeness (QED) is 0.829. The summed E-state index contributed by atoms with van der Waals surface area (Å²) in [5, 5.41) is 11.5. The fourth-order valence-electron chi connectivity index (χ4n) is 2.89. The van der Waals surface area contributed by atoms with Gasteiger partial charge in [-0.15, -0.1) is 0 Å². The Bertz CT molecular complexity index is 371. The largest absolute Gasteiger partial charge is 0.385 e. The van der Waals surface area contributed by atoms with Crippen LogP contribution in [-0.2, 0) is 5.60 Å². The average molecular weight is 253 g/mol. The molecule has 1 aliphatic rings. The zero-order valence-corrected chi connectivity index (χ0v) is 11.4. The minimum absolute atomic E-state index is 0.629. The van der Waals surface area contributed by atoms with Crippen LogP contribution in [0.3, 0.4) is 0 Å². The maximum Gasteiger partial charge on any atom is 0.0899 e. The fourth-order valence-corrected chi connectivity index (χ4v) is 3.01. The molecule has 1 aliphatic carbocycles. The second kappa shape index (κ2) is 4.99. The van der Waals surface area contributed by atoms with Crippen LogP contribution in [0.2, 0.25) is 5.02 Å². The predicted molar refractivity (Wildman–Crippen MR) is 72.1 cm³/mol. The van der Waals surface area contributed by atoms with Crippen LogP contribution in [0.1, 0.15) is 45.1 Å². The van der Waals surface area contributed by atoms with Gasteiger partial charge in [0.15, 0.2) is 0 Å². The minimum atomic E-state index is -0.641. The van der Waals surface area contributed by atoms with Gasteiger partial charge in [0, 0.05) is 5.02 Å². The van der Waals surface area contributed by atoms with E-state index in [1.165, 1.54) is 6.42 Å². The zero-order chi connectivity index (χ0) is 12.5. The SMILES string of the molecule is CC(C)C1CCCC(O)(c2ccc(Cl)cc2)C1. The maximum atomic E-state index is 10.8. The smallest absolute Gasteiger partial charge is 0.0899 e. The van der Waals surface area contributed by atoms with Crippen molar-refractivity contribution < 1.29 is 5.11 Å². The van der Waals surface area contributed by atoms with Crippen LogP contribution >= 0.6 is 11.6 Å². The molecular formula is C15H21ClO. The van der Waals surface area contributed by atoms with Gasteiger partial charge in [-0.2, -0.15) is 0 Å². The van der Waals surface area contributed by atoms with Gasteiger partial charge in [-0.1, -0.05) is 37.6 Å². The summed E-state index contributed by atoms with van der Waals surface area (Å²) in [6.07, 6.45) is 4.11. The van der Waals surface area contributed by atoms with Gasteiger partial charge in [-0.25, -0.2) is 0 Å². The van der Waals surface area contributed by atoms with E-state index in [0.29, 0.717) is 11.8 Å². The molecule has 1 fully saturated rings. The van der Waals surface area contributed by atoms with E-state index in [-0.39, 0.29) is 0 Å². The highest BCUT2D eigenvalue weighted by Crippen LogP contribution is 2.42. The summed E-state index contributed by atoms with van der Waals surface area (Å²) in [7, 11) is 0. The zero-order valence-electron chi connectivity index (χ0n) is 10.6. The van der Waals surface area contributed by atoms with Crippen molar-refractivity contribution in [2.24, 2.45) is 11.8 Å². The molecule has 0 aromatic heterocycles. The number of rotatable bonds is 2. The van der Waals surface area contributed by atoms with Gasteiger partial charge in [0.2, 0.25) is 0 Å². The fraction of sp³-hybridized carbons (Fsp3) is 0.600. The normalized spacial score (nSPS) is 29.6. The highest BCUT2D eigenvalue weighted by Gasteiger charge is 2.36. The Kier molecular flexibility index (Phi) is 3.79. The topological polar surface area (TPSA) is 20.2 Å². The molecule has 0 saturated heterocycles. The molecule has 94 valence electrons. The Balaban J connectivity index is 2.20. The second-order valence-corrected chi connectivity index (χ2v) is 6.08. The Hall–Kier alpha value is -0.530. The van der Waals surface area contributed by atoms with Crippen LogP contribution in [0.15, 0.2) is 24.3 Å². The first-order chi connectivity index (χ1) is 8.01.